The van der Waals surface area contributed by atoms with Gasteiger partial charge in [0.15, 0.2) is 0 Å². The molecule has 21 heavy (non-hydrogen) atoms. The zero-order valence-electron chi connectivity index (χ0n) is 12.3. The number of benzene rings is 2. The molecule has 108 valence electrons. The third-order valence-electron chi connectivity index (χ3n) is 3.08. The summed E-state index contributed by atoms with van der Waals surface area (Å²) in [7, 11) is 1.76. The van der Waals surface area contributed by atoms with E-state index in [2.05, 4.69) is 0 Å². The first kappa shape index (κ1) is 14.9. The molecule has 0 fully saturated rings. The molecule has 3 nitrogen and oxygen atoms in total. The van der Waals surface area contributed by atoms with Gasteiger partial charge in [-0.3, -0.25) is 4.79 Å². The van der Waals surface area contributed by atoms with Crippen LogP contribution < -0.4 is 9.64 Å². The Labute approximate surface area is 125 Å². The second kappa shape index (κ2) is 7.29. The number of ether oxygens (including phenoxy) is 1. The molecule has 0 atom stereocenters. The predicted octanol–water partition coefficient (Wildman–Crippen LogP) is 3.76. The van der Waals surface area contributed by atoms with E-state index < -0.39 is 0 Å². The maximum atomic E-state index is 12.1. The molecule has 0 unspecified atom stereocenters. The van der Waals surface area contributed by atoms with Crippen molar-refractivity contribution in [3.8, 4) is 5.75 Å². The first-order chi connectivity index (χ1) is 10.2. The minimum absolute atomic E-state index is 0.0601. The van der Waals surface area contributed by atoms with Crippen LogP contribution in [0.3, 0.4) is 0 Å². The second-order valence-corrected chi connectivity index (χ2v) is 4.57. The van der Waals surface area contributed by atoms with E-state index in [9.17, 15) is 4.79 Å². The number of carbonyl (C=O) groups excluding carboxylic acids is 1. The SMILES string of the molecule is CCOc1ccc(/C=C/C(=O)N(C)c2ccccc2)cc1. The summed E-state index contributed by atoms with van der Waals surface area (Å²) < 4.78 is 5.38. The maximum absolute atomic E-state index is 12.1. The first-order valence-electron chi connectivity index (χ1n) is 6.94. The molecule has 2 rings (SSSR count). The Morgan fingerprint density at radius 2 is 1.76 bits per heavy atom. The van der Waals surface area contributed by atoms with Crippen LogP contribution in [0.15, 0.2) is 60.7 Å². The van der Waals surface area contributed by atoms with Gasteiger partial charge in [-0.25, -0.2) is 0 Å². The Bertz CT molecular complexity index is 603. The molecule has 0 N–H and O–H groups in total. The summed E-state index contributed by atoms with van der Waals surface area (Å²) in [6, 6.07) is 17.2. The van der Waals surface area contributed by atoms with Crippen LogP contribution in [0.4, 0.5) is 5.69 Å². The van der Waals surface area contributed by atoms with Crippen molar-refractivity contribution in [1.82, 2.24) is 0 Å². The monoisotopic (exact) mass is 281 g/mol. The molecule has 2 aromatic rings. The van der Waals surface area contributed by atoms with E-state index in [0.717, 1.165) is 17.0 Å². The van der Waals surface area contributed by atoms with Crippen LogP contribution in [-0.4, -0.2) is 19.6 Å². The number of likely N-dealkylation sites (N-methyl/N-ethyl adjacent to an activating group) is 1. The molecule has 1 amide bonds. The largest absolute Gasteiger partial charge is 0.494 e. The molecule has 0 aliphatic rings. The van der Waals surface area contributed by atoms with Gasteiger partial charge in [0.25, 0.3) is 5.91 Å². The van der Waals surface area contributed by atoms with Crippen molar-refractivity contribution in [2.75, 3.05) is 18.6 Å². The lowest BCUT2D eigenvalue weighted by atomic mass is 10.2. The Morgan fingerprint density at radius 3 is 2.38 bits per heavy atom. The summed E-state index contributed by atoms with van der Waals surface area (Å²) in [4.78, 5) is 13.7. The van der Waals surface area contributed by atoms with Crippen molar-refractivity contribution in [3.05, 3.63) is 66.2 Å². The lowest BCUT2D eigenvalue weighted by molar-refractivity contribution is -0.113. The highest BCUT2D eigenvalue weighted by Crippen LogP contribution is 2.14. The number of rotatable bonds is 5. The Balaban J connectivity index is 2.01. The zero-order chi connectivity index (χ0) is 15.1. The van der Waals surface area contributed by atoms with E-state index >= 15 is 0 Å². The van der Waals surface area contributed by atoms with Crippen LogP contribution in [0, 0.1) is 0 Å². The van der Waals surface area contributed by atoms with Crippen molar-refractivity contribution in [3.63, 3.8) is 0 Å². The first-order valence-corrected chi connectivity index (χ1v) is 6.94. The summed E-state index contributed by atoms with van der Waals surface area (Å²) in [6.45, 7) is 2.60. The number of hydrogen-bond donors (Lipinski definition) is 0. The normalized spacial score (nSPS) is 10.6. The van der Waals surface area contributed by atoms with Gasteiger partial charge in [-0.15, -0.1) is 0 Å². The Kier molecular flexibility index (Phi) is 5.16. The molecule has 0 aliphatic carbocycles. The summed E-state index contributed by atoms with van der Waals surface area (Å²) in [5.41, 5.74) is 1.84. The van der Waals surface area contributed by atoms with Gasteiger partial charge in [-0.1, -0.05) is 30.3 Å². The van der Waals surface area contributed by atoms with Gasteiger partial charge in [0, 0.05) is 18.8 Å². The number of hydrogen-bond acceptors (Lipinski definition) is 2. The highest BCUT2D eigenvalue weighted by molar-refractivity contribution is 6.03. The van der Waals surface area contributed by atoms with Gasteiger partial charge >= 0.3 is 0 Å². The van der Waals surface area contributed by atoms with E-state index in [1.165, 1.54) is 0 Å². The van der Waals surface area contributed by atoms with E-state index in [0.29, 0.717) is 6.61 Å². The third-order valence-corrected chi connectivity index (χ3v) is 3.08. The molecule has 0 saturated heterocycles. The van der Waals surface area contributed by atoms with Gasteiger partial charge in [0.05, 0.1) is 6.61 Å². The molecule has 3 heteroatoms. The number of nitrogens with zero attached hydrogens (tertiary/aromatic N) is 1. The fourth-order valence-corrected chi connectivity index (χ4v) is 1.90. The molecule has 2 aromatic carbocycles. The molecule has 0 bridgehead atoms. The highest BCUT2D eigenvalue weighted by Gasteiger charge is 2.06. The fourth-order valence-electron chi connectivity index (χ4n) is 1.90. The van der Waals surface area contributed by atoms with E-state index in [4.69, 9.17) is 4.74 Å². The standard InChI is InChI=1S/C18H19NO2/c1-3-21-17-12-9-15(10-13-17)11-14-18(20)19(2)16-7-5-4-6-8-16/h4-14H,3H2,1-2H3/b14-11+. The second-order valence-electron chi connectivity index (χ2n) is 4.57. The van der Waals surface area contributed by atoms with Crippen LogP contribution in [0.1, 0.15) is 12.5 Å². The molecule has 0 aliphatic heterocycles. The van der Waals surface area contributed by atoms with E-state index in [1.54, 1.807) is 24.1 Å². The summed E-state index contributed by atoms with van der Waals surface area (Å²) in [5.74, 6) is 0.775. The summed E-state index contributed by atoms with van der Waals surface area (Å²) in [6.07, 6.45) is 3.38. The number of para-hydroxylation sites is 1. The lowest BCUT2D eigenvalue weighted by Crippen LogP contribution is -2.23. The highest BCUT2D eigenvalue weighted by atomic mass is 16.5. The smallest absolute Gasteiger partial charge is 0.250 e. The third kappa shape index (κ3) is 4.21. The van der Waals surface area contributed by atoms with Gasteiger partial charge < -0.3 is 9.64 Å². The molecule has 0 saturated carbocycles. The van der Waals surface area contributed by atoms with Crippen LogP contribution >= 0.6 is 0 Å². The van der Waals surface area contributed by atoms with Crippen molar-refractivity contribution >= 4 is 17.7 Å². The van der Waals surface area contributed by atoms with Crippen LogP contribution in [0.5, 0.6) is 5.75 Å². The van der Waals surface area contributed by atoms with Crippen LogP contribution in [0.2, 0.25) is 0 Å². The molecular formula is C18H19NO2. The fraction of sp³-hybridized carbons (Fsp3) is 0.167. The summed E-state index contributed by atoms with van der Waals surface area (Å²) >= 11 is 0. The van der Waals surface area contributed by atoms with Crippen LogP contribution in [0.25, 0.3) is 6.08 Å². The topological polar surface area (TPSA) is 29.5 Å². The predicted molar refractivity (Wildman–Crippen MR) is 86.5 cm³/mol. The number of carbonyl (C=O) groups is 1. The van der Waals surface area contributed by atoms with E-state index in [1.807, 2.05) is 61.5 Å². The Hall–Kier alpha value is -2.55. The van der Waals surface area contributed by atoms with Gasteiger partial charge in [0.1, 0.15) is 5.75 Å². The van der Waals surface area contributed by atoms with Crippen molar-refractivity contribution in [2.45, 2.75) is 6.92 Å². The molecule has 0 heterocycles. The number of amides is 1. The molecule has 0 spiro atoms. The van der Waals surface area contributed by atoms with Gasteiger partial charge in [-0.2, -0.15) is 0 Å². The average Bonchev–Trinajstić information content (AvgIpc) is 2.54. The quantitative estimate of drug-likeness (QED) is 0.781. The minimum Gasteiger partial charge on any atom is -0.494 e. The minimum atomic E-state index is -0.0601. The van der Waals surface area contributed by atoms with Gasteiger partial charge in [-0.05, 0) is 42.8 Å². The average molecular weight is 281 g/mol. The Morgan fingerprint density at radius 1 is 1.10 bits per heavy atom. The maximum Gasteiger partial charge on any atom is 0.250 e. The lowest BCUT2D eigenvalue weighted by Gasteiger charge is -2.14. The van der Waals surface area contributed by atoms with Gasteiger partial charge in [0.2, 0.25) is 0 Å². The molecular weight excluding hydrogens is 262 g/mol. The van der Waals surface area contributed by atoms with Crippen molar-refractivity contribution < 1.29 is 9.53 Å². The summed E-state index contributed by atoms with van der Waals surface area (Å²) in [5, 5.41) is 0. The van der Waals surface area contributed by atoms with Crippen molar-refractivity contribution in [2.24, 2.45) is 0 Å². The van der Waals surface area contributed by atoms with E-state index in [-0.39, 0.29) is 5.91 Å². The van der Waals surface area contributed by atoms with Crippen LogP contribution in [-0.2, 0) is 4.79 Å². The van der Waals surface area contributed by atoms with Crippen molar-refractivity contribution in [1.29, 1.82) is 0 Å². The zero-order valence-corrected chi connectivity index (χ0v) is 12.3. The number of anilines is 1. The molecule has 0 radical (unpaired) electrons. The molecule has 0 aromatic heterocycles.